The van der Waals surface area contributed by atoms with E-state index in [9.17, 15) is 9.59 Å². The van der Waals surface area contributed by atoms with Crippen LogP contribution in [0.2, 0.25) is 0 Å². The second-order valence-electron chi connectivity index (χ2n) is 6.83. The molecule has 2 heterocycles. The molecule has 154 valence electrons. The number of methoxy groups -OCH3 is 1. The number of benzene rings is 2. The van der Waals surface area contributed by atoms with Gasteiger partial charge in [-0.3, -0.25) is 9.59 Å². The number of ether oxygens (including phenoxy) is 1. The van der Waals surface area contributed by atoms with Gasteiger partial charge >= 0.3 is 0 Å². The monoisotopic (exact) mass is 423 g/mol. The maximum Gasteiger partial charge on any atom is 0.254 e. The van der Waals surface area contributed by atoms with E-state index in [4.69, 9.17) is 9.15 Å². The zero-order valence-corrected chi connectivity index (χ0v) is 17.7. The van der Waals surface area contributed by atoms with Crippen molar-refractivity contribution in [1.82, 2.24) is 9.97 Å². The van der Waals surface area contributed by atoms with Crippen LogP contribution in [0.25, 0.3) is 21.9 Å². The Morgan fingerprint density at radius 2 is 2.03 bits per heavy atom. The van der Waals surface area contributed by atoms with Gasteiger partial charge in [0.2, 0.25) is 5.91 Å². The third kappa shape index (κ3) is 3.78. The summed E-state index contributed by atoms with van der Waals surface area (Å²) < 4.78 is 11.4. The van der Waals surface area contributed by atoms with Gasteiger partial charge in [0.05, 0.1) is 12.8 Å². The summed E-state index contributed by atoms with van der Waals surface area (Å²) in [5, 5.41) is 5.34. The molecule has 0 aliphatic rings. The third-order valence-corrected chi connectivity index (χ3v) is 5.55. The van der Waals surface area contributed by atoms with E-state index >= 15 is 0 Å². The second kappa shape index (κ2) is 8.23. The first kappa shape index (κ1) is 20.0. The minimum Gasteiger partial charge on any atom is -0.495 e. The zero-order chi connectivity index (χ0) is 21.3. The summed E-state index contributed by atoms with van der Waals surface area (Å²) in [6, 6.07) is 11.4. The zero-order valence-electron chi connectivity index (χ0n) is 16.9. The highest BCUT2D eigenvalue weighted by atomic mass is 32.2. The SMILES string of the molecule is COc1cc2c(cc1NC(=O)CCc1c(C)nc(SC)[nH]c1=O)oc1ccccc12. The van der Waals surface area contributed by atoms with E-state index in [1.165, 1.54) is 11.8 Å². The Balaban J connectivity index is 1.56. The number of nitrogens with zero attached hydrogens (tertiary/aromatic N) is 1. The normalized spacial score (nSPS) is 11.2. The summed E-state index contributed by atoms with van der Waals surface area (Å²) in [5.74, 6) is 0.318. The maximum absolute atomic E-state index is 12.6. The summed E-state index contributed by atoms with van der Waals surface area (Å²) in [4.78, 5) is 31.9. The number of amides is 1. The van der Waals surface area contributed by atoms with Crippen LogP contribution in [-0.2, 0) is 11.2 Å². The third-order valence-electron chi connectivity index (χ3n) is 4.97. The molecule has 0 aliphatic carbocycles. The van der Waals surface area contributed by atoms with Gasteiger partial charge in [-0.05, 0) is 31.7 Å². The van der Waals surface area contributed by atoms with Crippen LogP contribution in [0.3, 0.4) is 0 Å². The Bertz CT molecular complexity index is 1310. The number of rotatable bonds is 6. The predicted octanol–water partition coefficient (Wildman–Crippen LogP) is 4.28. The van der Waals surface area contributed by atoms with Gasteiger partial charge < -0.3 is 19.5 Å². The lowest BCUT2D eigenvalue weighted by Gasteiger charge is -2.11. The molecule has 0 radical (unpaired) electrons. The fourth-order valence-corrected chi connectivity index (χ4v) is 3.87. The average molecular weight is 423 g/mol. The van der Waals surface area contributed by atoms with Crippen LogP contribution in [0, 0.1) is 6.92 Å². The second-order valence-corrected chi connectivity index (χ2v) is 7.63. The number of anilines is 1. The molecule has 2 aromatic carbocycles. The van der Waals surface area contributed by atoms with Crippen LogP contribution in [-0.4, -0.2) is 29.2 Å². The highest BCUT2D eigenvalue weighted by Crippen LogP contribution is 2.36. The molecule has 0 aliphatic heterocycles. The molecule has 4 rings (SSSR count). The molecule has 2 aromatic heterocycles. The van der Waals surface area contributed by atoms with Crippen molar-refractivity contribution < 1.29 is 13.9 Å². The number of aromatic amines is 1. The molecule has 0 bridgehead atoms. The van der Waals surface area contributed by atoms with Crippen LogP contribution in [0.5, 0.6) is 5.75 Å². The van der Waals surface area contributed by atoms with Crippen LogP contribution >= 0.6 is 11.8 Å². The number of carbonyl (C=O) groups excluding carboxylic acids is 1. The molecule has 7 nitrogen and oxygen atoms in total. The molecule has 30 heavy (non-hydrogen) atoms. The molecule has 2 N–H and O–H groups in total. The molecule has 0 spiro atoms. The Labute approximate surface area is 176 Å². The number of aromatic nitrogens is 2. The molecule has 0 unspecified atom stereocenters. The molecule has 4 aromatic rings. The van der Waals surface area contributed by atoms with Crippen LogP contribution in [0.1, 0.15) is 17.7 Å². The molecule has 0 fully saturated rings. The number of para-hydroxylation sites is 1. The summed E-state index contributed by atoms with van der Waals surface area (Å²) in [6.45, 7) is 1.78. The van der Waals surface area contributed by atoms with Gasteiger partial charge in [-0.2, -0.15) is 0 Å². The number of thioether (sulfide) groups is 1. The lowest BCUT2D eigenvalue weighted by molar-refractivity contribution is -0.116. The number of hydrogen-bond acceptors (Lipinski definition) is 6. The van der Waals surface area contributed by atoms with E-state index in [-0.39, 0.29) is 17.9 Å². The molecular formula is C22H21N3O4S. The summed E-state index contributed by atoms with van der Waals surface area (Å²) in [6.07, 6.45) is 2.28. The van der Waals surface area contributed by atoms with Crippen molar-refractivity contribution in [1.29, 1.82) is 0 Å². The smallest absolute Gasteiger partial charge is 0.254 e. The fraction of sp³-hybridized carbons (Fsp3) is 0.227. The molecule has 0 saturated heterocycles. The van der Waals surface area contributed by atoms with Crippen molar-refractivity contribution in [2.45, 2.75) is 24.9 Å². The lowest BCUT2D eigenvalue weighted by Crippen LogP contribution is -2.20. The summed E-state index contributed by atoms with van der Waals surface area (Å²) in [7, 11) is 1.56. The Morgan fingerprint density at radius 3 is 2.77 bits per heavy atom. The first-order chi connectivity index (χ1) is 14.5. The predicted molar refractivity (Wildman–Crippen MR) is 119 cm³/mol. The van der Waals surface area contributed by atoms with Crippen molar-refractivity contribution >= 4 is 45.3 Å². The van der Waals surface area contributed by atoms with Crippen molar-refractivity contribution in [2.24, 2.45) is 0 Å². The average Bonchev–Trinajstić information content (AvgIpc) is 3.09. The van der Waals surface area contributed by atoms with Crippen molar-refractivity contribution in [3.8, 4) is 5.75 Å². The number of H-pyrrole nitrogens is 1. The van der Waals surface area contributed by atoms with Gasteiger partial charge in [-0.1, -0.05) is 30.0 Å². The van der Waals surface area contributed by atoms with E-state index in [1.54, 1.807) is 20.1 Å². The number of carbonyl (C=O) groups is 1. The highest BCUT2D eigenvalue weighted by Gasteiger charge is 2.15. The van der Waals surface area contributed by atoms with Gasteiger partial charge in [0.15, 0.2) is 5.16 Å². The topological polar surface area (TPSA) is 97.2 Å². The number of hydrogen-bond donors (Lipinski definition) is 2. The quantitative estimate of drug-likeness (QED) is 0.355. The van der Waals surface area contributed by atoms with Crippen molar-refractivity contribution in [2.75, 3.05) is 18.7 Å². The van der Waals surface area contributed by atoms with E-state index in [2.05, 4.69) is 15.3 Å². The van der Waals surface area contributed by atoms with Crippen molar-refractivity contribution in [3.05, 3.63) is 58.0 Å². The van der Waals surface area contributed by atoms with E-state index in [1.807, 2.05) is 36.6 Å². The molecule has 1 amide bonds. The summed E-state index contributed by atoms with van der Waals surface area (Å²) in [5.41, 5.74) is 2.90. The Hall–Kier alpha value is -3.26. The van der Waals surface area contributed by atoms with E-state index < -0.39 is 0 Å². The Kier molecular flexibility index (Phi) is 5.50. The maximum atomic E-state index is 12.6. The van der Waals surface area contributed by atoms with E-state index in [0.717, 1.165) is 16.4 Å². The van der Waals surface area contributed by atoms with Crippen LogP contribution < -0.4 is 15.6 Å². The fourth-order valence-electron chi connectivity index (χ4n) is 3.45. The lowest BCUT2D eigenvalue weighted by atomic mass is 10.1. The molecule has 8 heteroatoms. The van der Waals surface area contributed by atoms with Gasteiger partial charge in [0, 0.05) is 34.5 Å². The molecule has 0 saturated carbocycles. The molecular weight excluding hydrogens is 402 g/mol. The highest BCUT2D eigenvalue weighted by molar-refractivity contribution is 7.98. The largest absolute Gasteiger partial charge is 0.495 e. The summed E-state index contributed by atoms with van der Waals surface area (Å²) >= 11 is 1.37. The molecule has 0 atom stereocenters. The minimum absolute atomic E-state index is 0.144. The van der Waals surface area contributed by atoms with Crippen molar-refractivity contribution in [3.63, 3.8) is 0 Å². The van der Waals surface area contributed by atoms with Gasteiger partial charge in [-0.25, -0.2) is 4.98 Å². The van der Waals surface area contributed by atoms with Gasteiger partial charge in [-0.15, -0.1) is 0 Å². The first-order valence-electron chi connectivity index (χ1n) is 9.43. The van der Waals surface area contributed by atoms with Crippen LogP contribution in [0.4, 0.5) is 5.69 Å². The minimum atomic E-state index is -0.225. The number of furan rings is 1. The van der Waals surface area contributed by atoms with Gasteiger partial charge in [0.1, 0.15) is 16.9 Å². The first-order valence-corrected chi connectivity index (χ1v) is 10.7. The van der Waals surface area contributed by atoms with Gasteiger partial charge in [0.25, 0.3) is 5.56 Å². The van der Waals surface area contributed by atoms with E-state index in [0.29, 0.717) is 39.9 Å². The Morgan fingerprint density at radius 1 is 1.23 bits per heavy atom. The number of fused-ring (bicyclic) bond motifs is 3. The number of nitrogens with one attached hydrogen (secondary N) is 2. The standard InChI is InChI=1S/C22H21N3O4S/c1-12-13(21(27)25-22(23-12)30-3)8-9-20(26)24-16-11-18-15(10-19(16)28-2)14-6-4-5-7-17(14)29-18/h4-7,10-11H,8-9H2,1-3H3,(H,24,26)(H,23,25,27). The number of aryl methyl sites for hydroxylation is 1. The van der Waals surface area contributed by atoms with Crippen LogP contribution in [0.15, 0.2) is 50.8 Å².